The smallest absolute Gasteiger partial charge is 0.272 e. The molecule has 0 aliphatic carbocycles. The van der Waals surface area contributed by atoms with Gasteiger partial charge < -0.3 is 5.32 Å². The summed E-state index contributed by atoms with van der Waals surface area (Å²) in [6.07, 6.45) is 4.19. The molecule has 5 heteroatoms. The van der Waals surface area contributed by atoms with E-state index in [4.69, 9.17) is 0 Å². The highest BCUT2D eigenvalue weighted by molar-refractivity contribution is 5.39. The van der Waals surface area contributed by atoms with Crippen LogP contribution in [0.3, 0.4) is 0 Å². The molecule has 20 heavy (non-hydrogen) atoms. The molecule has 0 fully saturated rings. The Kier molecular flexibility index (Phi) is 4.79. The summed E-state index contributed by atoms with van der Waals surface area (Å²) in [5, 5.41) is 14.3. The fourth-order valence-corrected chi connectivity index (χ4v) is 2.07. The molecular weight excluding hydrogens is 254 g/mol. The summed E-state index contributed by atoms with van der Waals surface area (Å²) in [4.78, 5) is 14.7. The first-order valence-corrected chi connectivity index (χ1v) is 6.54. The fraction of sp³-hybridized carbons (Fsp3) is 0.267. The maximum absolute atomic E-state index is 10.9. The molecule has 104 valence electrons. The third kappa shape index (κ3) is 3.61. The number of benzene rings is 1. The summed E-state index contributed by atoms with van der Waals surface area (Å²) >= 11 is 0. The minimum Gasteiger partial charge on any atom is -0.310 e. The van der Waals surface area contributed by atoms with Crippen LogP contribution in [-0.4, -0.2) is 16.5 Å². The third-order valence-electron chi connectivity index (χ3n) is 3.22. The van der Waals surface area contributed by atoms with Crippen LogP contribution in [0.15, 0.2) is 48.8 Å². The largest absolute Gasteiger partial charge is 0.310 e. The number of rotatable bonds is 6. The molecule has 0 saturated heterocycles. The Labute approximate surface area is 117 Å². The second-order valence-electron chi connectivity index (χ2n) is 4.60. The molecule has 2 aromatic rings. The fourth-order valence-electron chi connectivity index (χ4n) is 2.07. The highest BCUT2D eigenvalue weighted by atomic mass is 16.6. The van der Waals surface area contributed by atoms with Crippen LogP contribution in [0.25, 0.3) is 0 Å². The zero-order valence-electron chi connectivity index (χ0n) is 11.3. The van der Waals surface area contributed by atoms with Gasteiger partial charge in [0, 0.05) is 30.1 Å². The summed E-state index contributed by atoms with van der Waals surface area (Å²) in [6.45, 7) is 2.73. The van der Waals surface area contributed by atoms with Gasteiger partial charge in [0.15, 0.2) is 0 Å². The molecule has 0 spiro atoms. The van der Waals surface area contributed by atoms with E-state index in [0.717, 1.165) is 11.1 Å². The van der Waals surface area contributed by atoms with Crippen LogP contribution in [0.2, 0.25) is 0 Å². The van der Waals surface area contributed by atoms with Crippen molar-refractivity contribution in [1.82, 2.24) is 10.3 Å². The number of pyridine rings is 1. The van der Waals surface area contributed by atoms with Crippen molar-refractivity contribution < 1.29 is 4.92 Å². The minimum absolute atomic E-state index is 0.173. The van der Waals surface area contributed by atoms with Gasteiger partial charge in [-0.05, 0) is 31.5 Å². The molecule has 1 aromatic heterocycles. The van der Waals surface area contributed by atoms with Crippen molar-refractivity contribution in [2.45, 2.75) is 19.4 Å². The highest BCUT2D eigenvalue weighted by Gasteiger charge is 2.12. The Morgan fingerprint density at radius 2 is 2.10 bits per heavy atom. The maximum Gasteiger partial charge on any atom is 0.272 e. The SMILES string of the molecule is CC(NCCc1ccccc1[N+](=O)[O-])c1cccnc1. The topological polar surface area (TPSA) is 68.1 Å². The zero-order valence-corrected chi connectivity index (χ0v) is 11.3. The maximum atomic E-state index is 10.9. The zero-order chi connectivity index (χ0) is 14.4. The Bertz CT molecular complexity index is 572. The van der Waals surface area contributed by atoms with Gasteiger partial charge in [0.1, 0.15) is 0 Å². The van der Waals surface area contributed by atoms with Gasteiger partial charge in [-0.2, -0.15) is 0 Å². The van der Waals surface area contributed by atoms with E-state index in [-0.39, 0.29) is 16.7 Å². The van der Waals surface area contributed by atoms with Crippen molar-refractivity contribution in [3.05, 3.63) is 70.0 Å². The van der Waals surface area contributed by atoms with E-state index in [2.05, 4.69) is 17.2 Å². The Morgan fingerprint density at radius 1 is 1.30 bits per heavy atom. The third-order valence-corrected chi connectivity index (χ3v) is 3.22. The van der Waals surface area contributed by atoms with Crippen LogP contribution < -0.4 is 5.32 Å². The lowest BCUT2D eigenvalue weighted by molar-refractivity contribution is -0.385. The lowest BCUT2D eigenvalue weighted by Crippen LogP contribution is -2.21. The van der Waals surface area contributed by atoms with Gasteiger partial charge >= 0.3 is 0 Å². The predicted octanol–water partition coefficient (Wildman–Crippen LogP) is 2.88. The van der Waals surface area contributed by atoms with Gasteiger partial charge in [-0.25, -0.2) is 0 Å². The first-order valence-electron chi connectivity index (χ1n) is 6.54. The van der Waals surface area contributed by atoms with Gasteiger partial charge in [0.2, 0.25) is 0 Å². The van der Waals surface area contributed by atoms with E-state index in [0.29, 0.717) is 13.0 Å². The first kappa shape index (κ1) is 14.1. The summed E-state index contributed by atoms with van der Waals surface area (Å²) in [5.41, 5.74) is 2.04. The molecule has 1 N–H and O–H groups in total. The van der Waals surface area contributed by atoms with E-state index >= 15 is 0 Å². The second kappa shape index (κ2) is 6.77. The predicted molar refractivity (Wildman–Crippen MR) is 77.5 cm³/mol. The summed E-state index contributed by atoms with van der Waals surface area (Å²) in [7, 11) is 0. The molecule has 0 saturated carbocycles. The number of hydrogen-bond donors (Lipinski definition) is 1. The normalized spacial score (nSPS) is 12.1. The summed E-state index contributed by atoms with van der Waals surface area (Å²) in [6, 6.07) is 10.9. The van der Waals surface area contributed by atoms with E-state index in [9.17, 15) is 10.1 Å². The quantitative estimate of drug-likeness (QED) is 0.648. The molecule has 1 aromatic carbocycles. The number of nitro benzene ring substituents is 1. The molecule has 0 aliphatic heterocycles. The van der Waals surface area contributed by atoms with Gasteiger partial charge in [-0.15, -0.1) is 0 Å². The van der Waals surface area contributed by atoms with Crippen LogP contribution >= 0.6 is 0 Å². The summed E-state index contributed by atoms with van der Waals surface area (Å²) < 4.78 is 0. The molecule has 0 bridgehead atoms. The average molecular weight is 271 g/mol. The number of nitrogens with zero attached hydrogens (tertiary/aromatic N) is 2. The van der Waals surface area contributed by atoms with Crippen LogP contribution in [0.5, 0.6) is 0 Å². The van der Waals surface area contributed by atoms with Gasteiger partial charge in [0.25, 0.3) is 5.69 Å². The Balaban J connectivity index is 1.92. The highest BCUT2D eigenvalue weighted by Crippen LogP contribution is 2.18. The molecule has 1 atom stereocenters. The van der Waals surface area contributed by atoms with E-state index in [1.165, 1.54) is 0 Å². The number of para-hydroxylation sites is 1. The molecule has 1 unspecified atom stereocenters. The van der Waals surface area contributed by atoms with Crippen molar-refractivity contribution >= 4 is 5.69 Å². The van der Waals surface area contributed by atoms with E-state index in [1.807, 2.05) is 24.4 Å². The average Bonchev–Trinajstić information content (AvgIpc) is 2.48. The summed E-state index contributed by atoms with van der Waals surface area (Å²) in [5.74, 6) is 0. The molecule has 5 nitrogen and oxygen atoms in total. The lowest BCUT2D eigenvalue weighted by atomic mass is 10.1. The molecule has 0 radical (unpaired) electrons. The van der Waals surface area contributed by atoms with Crippen LogP contribution in [-0.2, 0) is 6.42 Å². The van der Waals surface area contributed by atoms with Gasteiger partial charge in [0.05, 0.1) is 4.92 Å². The van der Waals surface area contributed by atoms with Crippen molar-refractivity contribution in [3.63, 3.8) is 0 Å². The number of nitro groups is 1. The van der Waals surface area contributed by atoms with Gasteiger partial charge in [-0.3, -0.25) is 15.1 Å². The van der Waals surface area contributed by atoms with Crippen molar-refractivity contribution in [3.8, 4) is 0 Å². The molecule has 0 amide bonds. The van der Waals surface area contributed by atoms with Crippen molar-refractivity contribution in [1.29, 1.82) is 0 Å². The van der Waals surface area contributed by atoms with Crippen molar-refractivity contribution in [2.24, 2.45) is 0 Å². The number of aromatic nitrogens is 1. The second-order valence-corrected chi connectivity index (χ2v) is 4.60. The molecular formula is C15H17N3O2. The number of hydrogen-bond acceptors (Lipinski definition) is 4. The van der Waals surface area contributed by atoms with E-state index in [1.54, 1.807) is 24.4 Å². The Morgan fingerprint density at radius 3 is 2.80 bits per heavy atom. The monoisotopic (exact) mass is 271 g/mol. The first-order chi connectivity index (χ1) is 9.68. The van der Waals surface area contributed by atoms with Crippen LogP contribution in [0.1, 0.15) is 24.1 Å². The molecule has 0 aliphatic rings. The van der Waals surface area contributed by atoms with Gasteiger partial charge in [-0.1, -0.05) is 24.3 Å². The van der Waals surface area contributed by atoms with Crippen LogP contribution in [0, 0.1) is 10.1 Å². The number of nitrogens with one attached hydrogen (secondary N) is 1. The molecule has 2 rings (SSSR count). The molecule has 1 heterocycles. The minimum atomic E-state index is -0.333. The van der Waals surface area contributed by atoms with Crippen LogP contribution in [0.4, 0.5) is 5.69 Å². The van der Waals surface area contributed by atoms with E-state index < -0.39 is 0 Å². The standard InChI is InChI=1S/C15H17N3O2/c1-12(14-6-4-9-16-11-14)17-10-8-13-5-2-3-7-15(13)18(19)20/h2-7,9,11-12,17H,8,10H2,1H3. The van der Waals surface area contributed by atoms with Crippen molar-refractivity contribution in [2.75, 3.05) is 6.54 Å². The lowest BCUT2D eigenvalue weighted by Gasteiger charge is -2.13. The Hall–Kier alpha value is -2.27.